The van der Waals surface area contributed by atoms with Crippen LogP contribution in [0.1, 0.15) is 16.3 Å². The molecule has 3 rings (SSSR count). The summed E-state index contributed by atoms with van der Waals surface area (Å²) in [7, 11) is 0. The largest absolute Gasteiger partial charge is 0.316 e. The minimum Gasteiger partial charge on any atom is -0.316 e. The van der Waals surface area contributed by atoms with Crippen molar-refractivity contribution in [1.82, 2.24) is 15.3 Å². The Bertz CT molecular complexity index is 515. The van der Waals surface area contributed by atoms with E-state index in [-0.39, 0.29) is 0 Å². The molecule has 2 aromatic heterocycles. The van der Waals surface area contributed by atoms with Gasteiger partial charge in [0.25, 0.3) is 0 Å². The molecule has 1 N–H and O–H groups in total. The van der Waals surface area contributed by atoms with Gasteiger partial charge in [-0.1, -0.05) is 0 Å². The summed E-state index contributed by atoms with van der Waals surface area (Å²) in [6, 6.07) is 4.06. The number of nitrogens with one attached hydrogen (secondary N) is 1. The first kappa shape index (κ1) is 11.8. The smallest absolute Gasteiger partial charge is 0.0938 e. The van der Waals surface area contributed by atoms with Gasteiger partial charge in [0.2, 0.25) is 0 Å². The summed E-state index contributed by atoms with van der Waals surface area (Å²) in [6.07, 6.45) is 6.05. The van der Waals surface area contributed by atoms with Gasteiger partial charge in [0.1, 0.15) is 0 Å². The number of aromatic nitrogens is 2. The van der Waals surface area contributed by atoms with Crippen LogP contribution in [0.4, 0.5) is 0 Å². The van der Waals surface area contributed by atoms with Gasteiger partial charge in [-0.05, 0) is 44.5 Å². The van der Waals surface area contributed by atoms with Gasteiger partial charge in [0, 0.05) is 29.3 Å². The van der Waals surface area contributed by atoms with Crippen LogP contribution >= 0.6 is 11.3 Å². The van der Waals surface area contributed by atoms with Crippen LogP contribution in [0.5, 0.6) is 0 Å². The number of pyridine rings is 1. The van der Waals surface area contributed by atoms with Crippen LogP contribution < -0.4 is 5.32 Å². The topological polar surface area (TPSA) is 37.8 Å². The molecule has 1 aliphatic heterocycles. The van der Waals surface area contributed by atoms with E-state index in [1.54, 1.807) is 0 Å². The molecule has 18 heavy (non-hydrogen) atoms. The van der Waals surface area contributed by atoms with Crippen molar-refractivity contribution in [2.24, 2.45) is 5.92 Å². The Hall–Kier alpha value is -1.26. The minimum atomic E-state index is 0.765. The highest BCUT2D eigenvalue weighted by molar-refractivity contribution is 7.12. The number of aryl methyl sites for hydroxylation is 1. The standard InChI is InChI=1S/C14H17N3S/c1-10-14(12-3-6-15-7-4-12)17-13(18-10)8-11-2-5-16-9-11/h3-4,6-7,11,16H,2,5,8-9H2,1H3. The van der Waals surface area contributed by atoms with Gasteiger partial charge in [-0.25, -0.2) is 4.98 Å². The van der Waals surface area contributed by atoms with E-state index in [0.717, 1.165) is 31.1 Å². The molecule has 94 valence electrons. The monoisotopic (exact) mass is 259 g/mol. The third-order valence-electron chi connectivity index (χ3n) is 3.42. The van der Waals surface area contributed by atoms with Crippen molar-refractivity contribution in [3.63, 3.8) is 0 Å². The lowest BCUT2D eigenvalue weighted by atomic mass is 10.1. The molecule has 0 bridgehead atoms. The van der Waals surface area contributed by atoms with E-state index >= 15 is 0 Å². The van der Waals surface area contributed by atoms with Crippen LogP contribution in [0, 0.1) is 12.8 Å². The van der Waals surface area contributed by atoms with Crippen molar-refractivity contribution < 1.29 is 0 Å². The summed E-state index contributed by atoms with van der Waals surface area (Å²) < 4.78 is 0. The Balaban J connectivity index is 1.82. The number of hydrogen-bond donors (Lipinski definition) is 1. The van der Waals surface area contributed by atoms with Crippen LogP contribution in [-0.4, -0.2) is 23.1 Å². The fraction of sp³-hybridized carbons (Fsp3) is 0.429. The van der Waals surface area contributed by atoms with Gasteiger partial charge in [0.05, 0.1) is 10.7 Å². The molecule has 0 aromatic carbocycles. The summed E-state index contributed by atoms with van der Waals surface area (Å²) in [5.74, 6) is 0.765. The summed E-state index contributed by atoms with van der Waals surface area (Å²) in [6.45, 7) is 4.46. The quantitative estimate of drug-likeness (QED) is 0.921. The van der Waals surface area contributed by atoms with Crippen molar-refractivity contribution in [3.05, 3.63) is 34.4 Å². The maximum absolute atomic E-state index is 4.81. The van der Waals surface area contributed by atoms with Crippen LogP contribution in [0.15, 0.2) is 24.5 Å². The van der Waals surface area contributed by atoms with E-state index in [1.807, 2.05) is 35.9 Å². The van der Waals surface area contributed by atoms with Crippen LogP contribution in [0.25, 0.3) is 11.3 Å². The summed E-state index contributed by atoms with van der Waals surface area (Å²) in [4.78, 5) is 10.2. The molecule has 2 aromatic rings. The molecule has 0 spiro atoms. The van der Waals surface area contributed by atoms with E-state index in [2.05, 4.69) is 17.2 Å². The Morgan fingerprint density at radius 3 is 2.94 bits per heavy atom. The van der Waals surface area contributed by atoms with Gasteiger partial charge in [-0.15, -0.1) is 11.3 Å². The average molecular weight is 259 g/mol. The maximum Gasteiger partial charge on any atom is 0.0938 e. The first-order chi connectivity index (χ1) is 8.83. The normalized spacial score (nSPS) is 19.3. The molecule has 1 unspecified atom stereocenters. The number of rotatable bonds is 3. The molecular weight excluding hydrogens is 242 g/mol. The molecule has 0 amide bonds. The van der Waals surface area contributed by atoms with Gasteiger partial charge < -0.3 is 5.32 Å². The van der Waals surface area contributed by atoms with Crippen molar-refractivity contribution >= 4 is 11.3 Å². The van der Waals surface area contributed by atoms with Crippen LogP contribution in [0.2, 0.25) is 0 Å². The van der Waals surface area contributed by atoms with Crippen LogP contribution in [0.3, 0.4) is 0 Å². The van der Waals surface area contributed by atoms with Crippen molar-refractivity contribution in [3.8, 4) is 11.3 Å². The lowest BCUT2D eigenvalue weighted by molar-refractivity contribution is 0.578. The van der Waals surface area contributed by atoms with E-state index in [9.17, 15) is 0 Å². The van der Waals surface area contributed by atoms with Gasteiger partial charge in [-0.2, -0.15) is 0 Å². The maximum atomic E-state index is 4.81. The van der Waals surface area contributed by atoms with E-state index < -0.39 is 0 Å². The zero-order valence-corrected chi connectivity index (χ0v) is 11.3. The third kappa shape index (κ3) is 2.44. The predicted octanol–water partition coefficient (Wildman–Crippen LogP) is 2.67. The van der Waals surface area contributed by atoms with Gasteiger partial charge in [-0.3, -0.25) is 4.98 Å². The van der Waals surface area contributed by atoms with E-state index in [4.69, 9.17) is 4.98 Å². The fourth-order valence-electron chi connectivity index (χ4n) is 2.45. The lowest BCUT2D eigenvalue weighted by Gasteiger charge is -2.03. The Kier molecular flexibility index (Phi) is 3.39. The second kappa shape index (κ2) is 5.16. The van der Waals surface area contributed by atoms with Gasteiger partial charge in [0.15, 0.2) is 0 Å². The minimum absolute atomic E-state index is 0.765. The Morgan fingerprint density at radius 2 is 2.22 bits per heavy atom. The fourth-order valence-corrected chi connectivity index (χ4v) is 3.52. The first-order valence-corrected chi connectivity index (χ1v) is 7.22. The second-order valence-corrected chi connectivity index (χ2v) is 6.10. The SMILES string of the molecule is Cc1sc(CC2CCNC2)nc1-c1ccncc1. The highest BCUT2D eigenvalue weighted by Gasteiger charge is 2.18. The number of thiazole rings is 1. The van der Waals surface area contributed by atoms with E-state index in [0.29, 0.717) is 0 Å². The number of nitrogens with zero attached hydrogens (tertiary/aromatic N) is 2. The summed E-state index contributed by atoms with van der Waals surface area (Å²) in [5, 5.41) is 4.69. The molecule has 3 nitrogen and oxygen atoms in total. The molecule has 1 atom stereocenters. The Morgan fingerprint density at radius 1 is 1.39 bits per heavy atom. The molecule has 1 saturated heterocycles. The van der Waals surface area contributed by atoms with Crippen LogP contribution in [-0.2, 0) is 6.42 Å². The highest BCUT2D eigenvalue weighted by atomic mass is 32.1. The molecule has 1 fully saturated rings. The molecule has 0 radical (unpaired) electrons. The molecule has 0 saturated carbocycles. The second-order valence-electron chi connectivity index (χ2n) is 4.81. The molecule has 3 heterocycles. The van der Waals surface area contributed by atoms with Gasteiger partial charge >= 0.3 is 0 Å². The zero-order chi connectivity index (χ0) is 12.4. The molecule has 1 aliphatic rings. The molecular formula is C14H17N3S. The third-order valence-corrected chi connectivity index (χ3v) is 4.41. The summed E-state index contributed by atoms with van der Waals surface area (Å²) >= 11 is 1.84. The van der Waals surface area contributed by atoms with Crippen molar-refractivity contribution in [2.45, 2.75) is 19.8 Å². The predicted molar refractivity (Wildman–Crippen MR) is 74.8 cm³/mol. The first-order valence-electron chi connectivity index (χ1n) is 6.40. The molecule has 0 aliphatic carbocycles. The van der Waals surface area contributed by atoms with Crippen molar-refractivity contribution in [2.75, 3.05) is 13.1 Å². The lowest BCUT2D eigenvalue weighted by Crippen LogP contribution is -2.10. The van der Waals surface area contributed by atoms with Crippen molar-refractivity contribution in [1.29, 1.82) is 0 Å². The zero-order valence-electron chi connectivity index (χ0n) is 10.5. The molecule has 4 heteroatoms. The highest BCUT2D eigenvalue weighted by Crippen LogP contribution is 2.29. The summed E-state index contributed by atoms with van der Waals surface area (Å²) in [5.41, 5.74) is 2.30. The van der Waals surface area contributed by atoms with E-state index in [1.165, 1.54) is 21.9 Å². The number of hydrogen-bond acceptors (Lipinski definition) is 4. The Labute approximate surface area is 111 Å². The average Bonchev–Trinajstić information content (AvgIpc) is 3.01.